The Hall–Kier alpha value is -0.420. The molecule has 1 aliphatic heterocycles. The molecule has 0 aliphatic carbocycles. The molecule has 1 N–H and O–H groups in total. The third kappa shape index (κ3) is 5.61. The van der Waals surface area contributed by atoms with Gasteiger partial charge in [-0.05, 0) is 37.4 Å². The number of hydrogen-bond donors (Lipinski definition) is 1. The quantitative estimate of drug-likeness (QED) is 0.833. The normalized spacial score (nSPS) is 17.2. The molecular weight excluding hydrogens is 258 g/mol. The molecule has 1 aromatic heterocycles. The Morgan fingerprint density at radius 2 is 2.05 bits per heavy atom. The van der Waals surface area contributed by atoms with Crippen molar-refractivity contribution >= 4 is 11.3 Å². The van der Waals surface area contributed by atoms with E-state index in [1.165, 1.54) is 9.75 Å². The molecule has 0 amide bonds. The Bertz CT molecular complexity index is 359. The highest BCUT2D eigenvalue weighted by atomic mass is 32.1. The molecule has 1 aliphatic rings. The molecule has 108 valence electrons. The minimum Gasteiger partial charge on any atom is -0.381 e. The Kier molecular flexibility index (Phi) is 6.31. The lowest BCUT2D eigenvalue weighted by Gasteiger charge is -2.21. The minimum absolute atomic E-state index is 0.387. The summed E-state index contributed by atoms with van der Waals surface area (Å²) in [7, 11) is 0. The van der Waals surface area contributed by atoms with E-state index in [0.29, 0.717) is 12.0 Å². The second-order valence-electron chi connectivity index (χ2n) is 5.52. The van der Waals surface area contributed by atoms with Crippen LogP contribution in [0.3, 0.4) is 0 Å². The van der Waals surface area contributed by atoms with Crippen molar-refractivity contribution in [1.29, 1.82) is 0 Å². The van der Waals surface area contributed by atoms with Gasteiger partial charge < -0.3 is 14.8 Å². The van der Waals surface area contributed by atoms with E-state index in [4.69, 9.17) is 9.47 Å². The first-order valence-electron chi connectivity index (χ1n) is 7.21. The van der Waals surface area contributed by atoms with Crippen LogP contribution in [0.2, 0.25) is 0 Å². The molecular formula is C15H25NO2S. The monoisotopic (exact) mass is 283 g/mol. The van der Waals surface area contributed by atoms with Crippen LogP contribution in [-0.2, 0) is 22.6 Å². The number of ether oxygens (including phenoxy) is 2. The van der Waals surface area contributed by atoms with Gasteiger partial charge >= 0.3 is 0 Å². The van der Waals surface area contributed by atoms with Crippen LogP contribution in [0.4, 0.5) is 0 Å². The van der Waals surface area contributed by atoms with Crippen molar-refractivity contribution in [2.45, 2.75) is 45.9 Å². The summed E-state index contributed by atoms with van der Waals surface area (Å²) in [4.78, 5) is 2.72. The topological polar surface area (TPSA) is 30.5 Å². The van der Waals surface area contributed by atoms with E-state index in [1.807, 2.05) is 11.3 Å². The molecule has 0 unspecified atom stereocenters. The van der Waals surface area contributed by atoms with Crippen LogP contribution in [0.1, 0.15) is 36.4 Å². The molecule has 0 saturated carbocycles. The lowest BCUT2D eigenvalue weighted by Crippen LogP contribution is -2.23. The average molecular weight is 283 g/mol. The number of hydrogen-bond acceptors (Lipinski definition) is 4. The third-order valence-electron chi connectivity index (χ3n) is 3.20. The maximum Gasteiger partial charge on any atom is 0.0813 e. The third-order valence-corrected chi connectivity index (χ3v) is 4.26. The summed E-state index contributed by atoms with van der Waals surface area (Å²) in [6, 6.07) is 4.40. The first kappa shape index (κ1) is 15.0. The highest BCUT2D eigenvalue weighted by molar-refractivity contribution is 7.11. The number of thiophene rings is 1. The van der Waals surface area contributed by atoms with Crippen LogP contribution in [0.5, 0.6) is 0 Å². The van der Waals surface area contributed by atoms with Gasteiger partial charge in [0, 0.05) is 29.5 Å². The summed E-state index contributed by atoms with van der Waals surface area (Å²) < 4.78 is 11.3. The second kappa shape index (κ2) is 8.00. The van der Waals surface area contributed by atoms with Gasteiger partial charge in [-0.25, -0.2) is 0 Å². The molecule has 4 heteroatoms. The number of rotatable bonds is 7. The zero-order valence-corrected chi connectivity index (χ0v) is 12.8. The van der Waals surface area contributed by atoms with E-state index in [2.05, 4.69) is 31.3 Å². The van der Waals surface area contributed by atoms with E-state index >= 15 is 0 Å². The van der Waals surface area contributed by atoms with Crippen LogP contribution in [0, 0.1) is 5.92 Å². The summed E-state index contributed by atoms with van der Waals surface area (Å²) in [6.07, 6.45) is 2.46. The summed E-state index contributed by atoms with van der Waals surface area (Å²) in [5, 5.41) is 3.47. The Balaban J connectivity index is 1.68. The lowest BCUT2D eigenvalue weighted by atomic mass is 10.1. The Morgan fingerprint density at radius 3 is 2.79 bits per heavy atom. The largest absolute Gasteiger partial charge is 0.381 e. The lowest BCUT2D eigenvalue weighted by molar-refractivity contribution is -0.0383. The molecule has 0 atom stereocenters. The predicted molar refractivity (Wildman–Crippen MR) is 79.5 cm³/mol. The van der Waals surface area contributed by atoms with Crippen molar-refractivity contribution in [3.8, 4) is 0 Å². The van der Waals surface area contributed by atoms with Crippen molar-refractivity contribution in [3.05, 3.63) is 21.9 Å². The van der Waals surface area contributed by atoms with Crippen molar-refractivity contribution in [1.82, 2.24) is 5.32 Å². The minimum atomic E-state index is 0.387. The van der Waals surface area contributed by atoms with E-state index < -0.39 is 0 Å². The Morgan fingerprint density at radius 1 is 1.32 bits per heavy atom. The van der Waals surface area contributed by atoms with Crippen LogP contribution < -0.4 is 5.32 Å². The first-order chi connectivity index (χ1) is 9.24. The molecule has 1 fully saturated rings. The number of nitrogens with one attached hydrogen (secondary N) is 1. The molecule has 0 spiro atoms. The van der Waals surface area contributed by atoms with Gasteiger partial charge in [-0.1, -0.05) is 13.8 Å². The van der Waals surface area contributed by atoms with Gasteiger partial charge in [0.25, 0.3) is 0 Å². The van der Waals surface area contributed by atoms with E-state index in [9.17, 15) is 0 Å². The molecule has 1 saturated heterocycles. The summed E-state index contributed by atoms with van der Waals surface area (Å²) in [5.74, 6) is 0.705. The molecule has 3 nitrogen and oxygen atoms in total. The molecule has 2 heterocycles. The second-order valence-corrected chi connectivity index (χ2v) is 6.77. The van der Waals surface area contributed by atoms with Crippen LogP contribution in [0.25, 0.3) is 0 Å². The molecule has 0 radical (unpaired) electrons. The van der Waals surface area contributed by atoms with Gasteiger partial charge in [-0.15, -0.1) is 11.3 Å². The van der Waals surface area contributed by atoms with Crippen LogP contribution >= 0.6 is 11.3 Å². The fourth-order valence-electron chi connectivity index (χ4n) is 2.12. The first-order valence-corrected chi connectivity index (χ1v) is 8.03. The Labute approximate surface area is 120 Å². The van der Waals surface area contributed by atoms with Crippen LogP contribution in [-0.4, -0.2) is 25.9 Å². The van der Waals surface area contributed by atoms with Gasteiger partial charge in [0.05, 0.1) is 12.7 Å². The summed E-state index contributed by atoms with van der Waals surface area (Å²) in [6.45, 7) is 8.95. The van der Waals surface area contributed by atoms with Gasteiger partial charge in [0.1, 0.15) is 0 Å². The van der Waals surface area contributed by atoms with Crippen molar-refractivity contribution in [2.75, 3.05) is 19.8 Å². The predicted octanol–water partition coefficient (Wildman–Crippen LogP) is 3.19. The average Bonchev–Trinajstić information content (AvgIpc) is 2.85. The standard InChI is InChI=1S/C15H25NO2S/c1-12(2)9-16-10-14-3-4-15(19-14)11-18-13-5-7-17-8-6-13/h3-4,12-13,16H,5-11H2,1-2H3. The smallest absolute Gasteiger partial charge is 0.0813 e. The molecule has 0 bridgehead atoms. The highest BCUT2D eigenvalue weighted by Crippen LogP contribution is 2.20. The summed E-state index contributed by atoms with van der Waals surface area (Å²) in [5.41, 5.74) is 0. The van der Waals surface area contributed by atoms with Crippen molar-refractivity contribution < 1.29 is 9.47 Å². The maximum absolute atomic E-state index is 5.94. The van der Waals surface area contributed by atoms with Gasteiger partial charge in [0.15, 0.2) is 0 Å². The summed E-state index contributed by atoms with van der Waals surface area (Å²) >= 11 is 1.85. The fraction of sp³-hybridized carbons (Fsp3) is 0.733. The van der Waals surface area contributed by atoms with E-state index in [-0.39, 0.29) is 0 Å². The maximum atomic E-state index is 5.94. The van der Waals surface area contributed by atoms with Gasteiger partial charge in [0.2, 0.25) is 0 Å². The zero-order valence-electron chi connectivity index (χ0n) is 12.0. The molecule has 2 rings (SSSR count). The van der Waals surface area contributed by atoms with E-state index in [1.54, 1.807) is 0 Å². The molecule has 0 aromatic carbocycles. The SMILES string of the molecule is CC(C)CNCc1ccc(COC2CCOCC2)s1. The van der Waals surface area contributed by atoms with Crippen molar-refractivity contribution in [3.63, 3.8) is 0 Å². The van der Waals surface area contributed by atoms with Crippen molar-refractivity contribution in [2.24, 2.45) is 5.92 Å². The van der Waals surface area contributed by atoms with E-state index in [0.717, 1.165) is 45.8 Å². The highest BCUT2D eigenvalue weighted by Gasteiger charge is 2.14. The van der Waals surface area contributed by atoms with Gasteiger partial charge in [-0.3, -0.25) is 0 Å². The molecule has 1 aromatic rings. The zero-order chi connectivity index (χ0) is 13.5. The van der Waals surface area contributed by atoms with Gasteiger partial charge in [-0.2, -0.15) is 0 Å². The molecule has 19 heavy (non-hydrogen) atoms. The van der Waals surface area contributed by atoms with Crippen LogP contribution in [0.15, 0.2) is 12.1 Å². The fourth-order valence-corrected chi connectivity index (χ4v) is 3.03.